The largest absolute Gasteiger partial charge is 0.310 e. The van der Waals surface area contributed by atoms with Crippen molar-refractivity contribution in [2.24, 2.45) is 0 Å². The van der Waals surface area contributed by atoms with Gasteiger partial charge in [0.15, 0.2) is 0 Å². The zero-order valence-electron chi connectivity index (χ0n) is 15.4. The Kier molecular flexibility index (Phi) is 5.01. The summed E-state index contributed by atoms with van der Waals surface area (Å²) >= 11 is 3.34. The molecule has 29 heavy (non-hydrogen) atoms. The molecule has 0 bridgehead atoms. The number of benzene rings is 2. The monoisotopic (exact) mass is 476 g/mol. The zero-order valence-corrected chi connectivity index (χ0v) is 17.8. The highest BCUT2D eigenvalue weighted by atomic mass is 79.9. The SMILES string of the molecule is CNS(=O)(=O)c1ccc2c(c1)CCN2C(=O)Cn1cnc2ccc(Br)cc2c1=O. The first-order valence-electron chi connectivity index (χ1n) is 8.82. The molecule has 0 atom stereocenters. The maximum Gasteiger partial charge on any atom is 0.261 e. The summed E-state index contributed by atoms with van der Waals surface area (Å²) < 4.78 is 28.3. The van der Waals surface area contributed by atoms with Gasteiger partial charge in [-0.1, -0.05) is 15.9 Å². The van der Waals surface area contributed by atoms with Crippen LogP contribution < -0.4 is 15.2 Å². The lowest BCUT2D eigenvalue weighted by Crippen LogP contribution is -2.35. The van der Waals surface area contributed by atoms with Gasteiger partial charge in [-0.15, -0.1) is 0 Å². The Balaban J connectivity index is 1.62. The molecule has 3 aromatic rings. The van der Waals surface area contributed by atoms with Gasteiger partial charge >= 0.3 is 0 Å². The Morgan fingerprint density at radius 3 is 2.79 bits per heavy atom. The van der Waals surface area contributed by atoms with Crippen LogP contribution in [0.1, 0.15) is 5.56 Å². The number of nitrogens with zero attached hydrogens (tertiary/aromatic N) is 3. The van der Waals surface area contributed by atoms with E-state index in [9.17, 15) is 18.0 Å². The van der Waals surface area contributed by atoms with E-state index in [1.165, 1.54) is 24.0 Å². The summed E-state index contributed by atoms with van der Waals surface area (Å²) in [7, 11) is -2.19. The number of halogens is 1. The topological polar surface area (TPSA) is 101 Å². The standard InChI is InChI=1S/C19H17BrN4O4S/c1-21-29(27,28)14-3-5-17-12(8-14)6-7-24(17)18(25)10-23-11-22-16-4-2-13(20)9-15(16)19(23)26/h2-5,8-9,11,21H,6-7,10H2,1H3. The Bertz CT molecular complexity index is 1300. The van der Waals surface area contributed by atoms with Gasteiger partial charge in [0.2, 0.25) is 15.9 Å². The predicted octanol–water partition coefficient (Wildman–Crippen LogP) is 1.66. The number of amides is 1. The Morgan fingerprint density at radius 1 is 1.24 bits per heavy atom. The van der Waals surface area contributed by atoms with Crippen LogP contribution in [0.15, 0.2) is 56.9 Å². The van der Waals surface area contributed by atoms with Gasteiger partial charge in [0.25, 0.3) is 5.56 Å². The molecule has 8 nitrogen and oxygen atoms in total. The second-order valence-electron chi connectivity index (χ2n) is 6.63. The van der Waals surface area contributed by atoms with E-state index in [-0.39, 0.29) is 22.9 Å². The van der Waals surface area contributed by atoms with Crippen LogP contribution in [0.2, 0.25) is 0 Å². The number of anilines is 1. The number of fused-ring (bicyclic) bond motifs is 2. The number of carbonyl (C=O) groups is 1. The molecule has 0 unspecified atom stereocenters. The molecular formula is C19H17BrN4O4S. The third-order valence-corrected chi connectivity index (χ3v) is 6.82. The molecule has 0 aliphatic carbocycles. The second kappa shape index (κ2) is 7.36. The van der Waals surface area contributed by atoms with E-state index in [2.05, 4.69) is 25.6 Å². The minimum atomic E-state index is -3.55. The molecule has 0 radical (unpaired) electrons. The molecule has 4 rings (SSSR count). The summed E-state index contributed by atoms with van der Waals surface area (Å²) in [5, 5.41) is 0.429. The lowest BCUT2D eigenvalue weighted by molar-refractivity contribution is -0.119. The highest BCUT2D eigenvalue weighted by Gasteiger charge is 2.26. The van der Waals surface area contributed by atoms with Crippen molar-refractivity contribution >= 4 is 48.5 Å². The molecule has 1 aliphatic heterocycles. The fourth-order valence-electron chi connectivity index (χ4n) is 3.40. The van der Waals surface area contributed by atoms with Gasteiger partial charge in [-0.25, -0.2) is 18.1 Å². The van der Waals surface area contributed by atoms with Gasteiger partial charge in [0, 0.05) is 16.7 Å². The van der Waals surface area contributed by atoms with Gasteiger partial charge in [-0.05, 0) is 55.4 Å². The van der Waals surface area contributed by atoms with Gasteiger partial charge in [-0.2, -0.15) is 0 Å². The molecule has 0 fully saturated rings. The molecule has 1 N–H and O–H groups in total. The van der Waals surface area contributed by atoms with Crippen molar-refractivity contribution in [3.8, 4) is 0 Å². The van der Waals surface area contributed by atoms with E-state index in [0.717, 1.165) is 10.0 Å². The molecule has 2 aromatic carbocycles. The van der Waals surface area contributed by atoms with Gasteiger partial charge < -0.3 is 4.90 Å². The summed E-state index contributed by atoms with van der Waals surface area (Å²) in [5.74, 6) is -0.258. The molecule has 150 valence electrons. The predicted molar refractivity (Wildman–Crippen MR) is 112 cm³/mol. The van der Waals surface area contributed by atoms with Crippen LogP contribution >= 0.6 is 15.9 Å². The molecular weight excluding hydrogens is 460 g/mol. The summed E-state index contributed by atoms with van der Waals surface area (Å²) in [6, 6.07) is 9.89. The summed E-state index contributed by atoms with van der Waals surface area (Å²) in [4.78, 5) is 31.6. The van der Waals surface area contributed by atoms with E-state index in [4.69, 9.17) is 0 Å². The van der Waals surface area contributed by atoms with Crippen molar-refractivity contribution in [3.63, 3.8) is 0 Å². The smallest absolute Gasteiger partial charge is 0.261 e. The van der Waals surface area contributed by atoms with Crippen molar-refractivity contribution in [2.45, 2.75) is 17.9 Å². The third kappa shape index (κ3) is 3.59. The highest BCUT2D eigenvalue weighted by molar-refractivity contribution is 9.10. The first-order chi connectivity index (χ1) is 13.8. The summed E-state index contributed by atoms with van der Waals surface area (Å²) in [6.45, 7) is 0.281. The Morgan fingerprint density at radius 2 is 2.03 bits per heavy atom. The lowest BCUT2D eigenvalue weighted by Gasteiger charge is -2.18. The van der Waals surface area contributed by atoms with Crippen molar-refractivity contribution in [1.82, 2.24) is 14.3 Å². The van der Waals surface area contributed by atoms with Crippen molar-refractivity contribution in [3.05, 3.63) is 63.1 Å². The molecule has 0 saturated heterocycles. The molecule has 1 aromatic heterocycles. The van der Waals surface area contributed by atoms with Gasteiger partial charge in [-0.3, -0.25) is 14.2 Å². The summed E-state index contributed by atoms with van der Waals surface area (Å²) in [5.41, 5.74) is 1.71. The molecule has 2 heterocycles. The Labute approximate surface area is 175 Å². The van der Waals surface area contributed by atoms with E-state index in [1.54, 1.807) is 35.2 Å². The van der Waals surface area contributed by atoms with Gasteiger partial charge in [0.05, 0.1) is 22.1 Å². The molecule has 1 amide bonds. The van der Waals surface area contributed by atoms with Crippen LogP contribution in [-0.4, -0.2) is 37.5 Å². The van der Waals surface area contributed by atoms with Crippen LogP contribution in [0.5, 0.6) is 0 Å². The van der Waals surface area contributed by atoms with Crippen molar-refractivity contribution < 1.29 is 13.2 Å². The first kappa shape index (κ1) is 19.7. The average Bonchev–Trinajstić information content (AvgIpc) is 3.14. The number of sulfonamides is 1. The number of carbonyl (C=O) groups excluding carboxylic acids is 1. The van der Waals surface area contributed by atoms with Crippen LogP contribution in [0, 0.1) is 0 Å². The Hall–Kier alpha value is -2.56. The van der Waals surface area contributed by atoms with Crippen LogP contribution in [0.4, 0.5) is 5.69 Å². The highest BCUT2D eigenvalue weighted by Crippen LogP contribution is 2.30. The van der Waals surface area contributed by atoms with Crippen molar-refractivity contribution in [1.29, 1.82) is 0 Å². The van der Waals surface area contributed by atoms with Crippen molar-refractivity contribution in [2.75, 3.05) is 18.5 Å². The normalized spacial score (nSPS) is 13.7. The number of hydrogen-bond donors (Lipinski definition) is 1. The maximum absolute atomic E-state index is 12.9. The fourth-order valence-corrected chi connectivity index (χ4v) is 4.54. The summed E-state index contributed by atoms with van der Waals surface area (Å²) in [6.07, 6.45) is 1.92. The number of hydrogen-bond acceptors (Lipinski definition) is 5. The van der Waals surface area contributed by atoms with Crippen LogP contribution in [0.3, 0.4) is 0 Å². The number of rotatable bonds is 4. The van der Waals surface area contributed by atoms with Gasteiger partial charge in [0.1, 0.15) is 6.54 Å². The molecule has 10 heteroatoms. The fraction of sp³-hybridized carbons (Fsp3) is 0.211. The van der Waals surface area contributed by atoms with Crippen LogP contribution in [-0.2, 0) is 27.8 Å². The van der Waals surface area contributed by atoms with Crippen LogP contribution in [0.25, 0.3) is 10.9 Å². The van der Waals surface area contributed by atoms with E-state index >= 15 is 0 Å². The molecule has 1 aliphatic rings. The number of aromatic nitrogens is 2. The average molecular weight is 477 g/mol. The first-order valence-corrected chi connectivity index (χ1v) is 11.1. The van der Waals surface area contributed by atoms with E-state index in [1.807, 2.05) is 0 Å². The molecule has 0 spiro atoms. The quantitative estimate of drug-likeness (QED) is 0.616. The van der Waals surface area contributed by atoms with E-state index in [0.29, 0.717) is 29.6 Å². The zero-order chi connectivity index (χ0) is 20.8. The van der Waals surface area contributed by atoms with E-state index < -0.39 is 10.0 Å². The minimum Gasteiger partial charge on any atom is -0.310 e. The minimum absolute atomic E-state index is 0.149. The lowest BCUT2D eigenvalue weighted by atomic mass is 10.2. The maximum atomic E-state index is 12.9. The number of nitrogens with one attached hydrogen (secondary N) is 1. The third-order valence-electron chi connectivity index (χ3n) is 4.92. The second-order valence-corrected chi connectivity index (χ2v) is 9.43. The molecule has 0 saturated carbocycles.